The molecule has 0 aromatic heterocycles. The lowest BCUT2D eigenvalue weighted by Crippen LogP contribution is -2.42. The Labute approximate surface area is 101 Å². The van der Waals surface area contributed by atoms with Crippen LogP contribution in [0.5, 0.6) is 0 Å². The fourth-order valence-electron chi connectivity index (χ4n) is 1.65. The van der Waals surface area contributed by atoms with Crippen LogP contribution in [0.3, 0.4) is 0 Å². The van der Waals surface area contributed by atoms with Crippen LogP contribution in [0.2, 0.25) is 0 Å². The maximum absolute atomic E-state index is 11.5. The lowest BCUT2D eigenvalue weighted by Gasteiger charge is -2.38. The van der Waals surface area contributed by atoms with Gasteiger partial charge in [0.15, 0.2) is 0 Å². The molecule has 0 bridgehead atoms. The summed E-state index contributed by atoms with van der Waals surface area (Å²) in [4.78, 5) is 22.4. The standard InChI is InChI=1S/C12H20O5/c1-7(2)11(14)17-12(16-8(3)13)9-5-10(6-9)15-4/h7,9-10,12H,5-6H2,1-4H3. The molecule has 1 saturated carbocycles. The maximum atomic E-state index is 11.5. The highest BCUT2D eigenvalue weighted by Gasteiger charge is 2.39. The zero-order valence-electron chi connectivity index (χ0n) is 10.8. The highest BCUT2D eigenvalue weighted by atomic mass is 16.7. The molecule has 0 heterocycles. The molecule has 98 valence electrons. The van der Waals surface area contributed by atoms with E-state index in [0.717, 1.165) is 12.8 Å². The molecule has 1 rings (SSSR count). The Morgan fingerprint density at radius 2 is 1.76 bits per heavy atom. The van der Waals surface area contributed by atoms with Crippen molar-refractivity contribution in [3.05, 3.63) is 0 Å². The highest BCUT2D eigenvalue weighted by Crippen LogP contribution is 2.34. The number of hydrogen-bond acceptors (Lipinski definition) is 5. The Hall–Kier alpha value is -1.10. The molecule has 0 aromatic carbocycles. The Bertz CT molecular complexity index is 281. The normalized spacial score (nSPS) is 25.0. The van der Waals surface area contributed by atoms with Crippen LogP contribution in [0.1, 0.15) is 33.6 Å². The van der Waals surface area contributed by atoms with Crippen molar-refractivity contribution >= 4 is 11.9 Å². The molecule has 0 amide bonds. The van der Waals surface area contributed by atoms with Crippen LogP contribution < -0.4 is 0 Å². The second-order valence-electron chi connectivity index (χ2n) is 4.66. The molecule has 1 fully saturated rings. The number of hydrogen-bond donors (Lipinski definition) is 0. The zero-order valence-corrected chi connectivity index (χ0v) is 10.8. The third kappa shape index (κ3) is 4.00. The molecule has 5 nitrogen and oxygen atoms in total. The molecule has 0 aliphatic heterocycles. The Balaban J connectivity index is 2.50. The van der Waals surface area contributed by atoms with Crippen LogP contribution in [-0.2, 0) is 23.8 Å². The van der Waals surface area contributed by atoms with Crippen LogP contribution in [0.4, 0.5) is 0 Å². The van der Waals surface area contributed by atoms with Gasteiger partial charge in [-0.1, -0.05) is 13.8 Å². The zero-order chi connectivity index (χ0) is 13.0. The Morgan fingerprint density at radius 3 is 2.18 bits per heavy atom. The number of methoxy groups -OCH3 is 1. The molecule has 17 heavy (non-hydrogen) atoms. The van der Waals surface area contributed by atoms with Crippen molar-refractivity contribution < 1.29 is 23.8 Å². The first-order valence-corrected chi connectivity index (χ1v) is 5.84. The van der Waals surface area contributed by atoms with Crippen LogP contribution in [0.15, 0.2) is 0 Å². The smallest absolute Gasteiger partial charge is 0.311 e. The molecular weight excluding hydrogens is 224 g/mol. The minimum Gasteiger partial charge on any atom is -0.425 e. The topological polar surface area (TPSA) is 61.8 Å². The molecule has 5 heteroatoms. The average molecular weight is 244 g/mol. The maximum Gasteiger partial charge on any atom is 0.311 e. The first-order chi connectivity index (χ1) is 7.93. The van der Waals surface area contributed by atoms with Gasteiger partial charge in [0.1, 0.15) is 0 Å². The molecule has 1 atom stereocenters. The van der Waals surface area contributed by atoms with E-state index in [9.17, 15) is 9.59 Å². The minimum atomic E-state index is -0.770. The van der Waals surface area contributed by atoms with Crippen molar-refractivity contribution in [2.24, 2.45) is 11.8 Å². The SMILES string of the molecule is COC1CC(C(OC(C)=O)OC(=O)C(C)C)C1. The summed E-state index contributed by atoms with van der Waals surface area (Å²) in [6.45, 7) is 4.79. The molecule has 1 aliphatic carbocycles. The second kappa shape index (κ2) is 6.00. The number of rotatable bonds is 5. The quantitative estimate of drug-likeness (QED) is 0.541. The van der Waals surface area contributed by atoms with Gasteiger partial charge in [-0.05, 0) is 12.8 Å². The number of esters is 2. The van der Waals surface area contributed by atoms with Crippen molar-refractivity contribution in [2.75, 3.05) is 7.11 Å². The van der Waals surface area contributed by atoms with E-state index < -0.39 is 12.3 Å². The fourth-order valence-corrected chi connectivity index (χ4v) is 1.65. The third-order valence-corrected chi connectivity index (χ3v) is 2.84. The first-order valence-electron chi connectivity index (χ1n) is 5.84. The van der Waals surface area contributed by atoms with E-state index in [0.29, 0.717) is 0 Å². The Morgan fingerprint density at radius 1 is 1.18 bits per heavy atom. The molecule has 0 radical (unpaired) electrons. The van der Waals surface area contributed by atoms with Gasteiger partial charge in [0, 0.05) is 20.0 Å². The summed E-state index contributed by atoms with van der Waals surface area (Å²) in [6.07, 6.45) is 0.907. The molecule has 0 saturated heterocycles. The van der Waals surface area contributed by atoms with Crippen molar-refractivity contribution in [2.45, 2.75) is 46.0 Å². The van der Waals surface area contributed by atoms with Crippen molar-refractivity contribution in [1.82, 2.24) is 0 Å². The third-order valence-electron chi connectivity index (χ3n) is 2.84. The lowest BCUT2D eigenvalue weighted by molar-refractivity contribution is -0.212. The van der Waals surface area contributed by atoms with Gasteiger partial charge in [-0.25, -0.2) is 0 Å². The van der Waals surface area contributed by atoms with Crippen molar-refractivity contribution in [3.8, 4) is 0 Å². The average Bonchev–Trinajstić information content (AvgIpc) is 2.14. The summed E-state index contributed by atoms with van der Waals surface area (Å²) in [5.74, 6) is -0.970. The summed E-state index contributed by atoms with van der Waals surface area (Å²) in [6, 6.07) is 0. The molecule has 0 spiro atoms. The van der Waals surface area contributed by atoms with Crippen molar-refractivity contribution in [3.63, 3.8) is 0 Å². The second-order valence-corrected chi connectivity index (χ2v) is 4.66. The van der Waals surface area contributed by atoms with Crippen LogP contribution >= 0.6 is 0 Å². The largest absolute Gasteiger partial charge is 0.425 e. The predicted molar refractivity (Wildman–Crippen MR) is 60.0 cm³/mol. The predicted octanol–water partition coefficient (Wildman–Crippen LogP) is 1.50. The van der Waals surface area contributed by atoms with E-state index in [1.807, 2.05) is 0 Å². The molecule has 1 unspecified atom stereocenters. The summed E-state index contributed by atoms with van der Waals surface area (Å²) in [5.41, 5.74) is 0. The number of carbonyl (C=O) groups is 2. The van der Waals surface area contributed by atoms with E-state index in [-0.39, 0.29) is 23.9 Å². The summed E-state index contributed by atoms with van der Waals surface area (Å²) in [7, 11) is 1.64. The molecule has 0 aromatic rings. The Kier molecular flexibility index (Phi) is 4.93. The number of ether oxygens (including phenoxy) is 3. The van der Waals surface area contributed by atoms with Crippen LogP contribution in [-0.4, -0.2) is 31.4 Å². The van der Waals surface area contributed by atoms with Crippen LogP contribution in [0.25, 0.3) is 0 Å². The van der Waals surface area contributed by atoms with Gasteiger partial charge in [0.25, 0.3) is 0 Å². The van der Waals surface area contributed by atoms with E-state index in [1.54, 1.807) is 21.0 Å². The first kappa shape index (κ1) is 14.0. The molecule has 0 N–H and O–H groups in total. The number of carbonyl (C=O) groups excluding carboxylic acids is 2. The van der Waals surface area contributed by atoms with Gasteiger partial charge < -0.3 is 14.2 Å². The molecule has 1 aliphatic rings. The monoisotopic (exact) mass is 244 g/mol. The molecular formula is C12H20O5. The van der Waals surface area contributed by atoms with E-state index in [2.05, 4.69) is 0 Å². The van der Waals surface area contributed by atoms with Gasteiger partial charge in [-0.15, -0.1) is 0 Å². The van der Waals surface area contributed by atoms with E-state index in [1.165, 1.54) is 6.92 Å². The van der Waals surface area contributed by atoms with Gasteiger partial charge >= 0.3 is 11.9 Å². The highest BCUT2D eigenvalue weighted by molar-refractivity contribution is 5.72. The van der Waals surface area contributed by atoms with Gasteiger partial charge in [-0.2, -0.15) is 0 Å². The lowest BCUT2D eigenvalue weighted by atomic mass is 9.81. The summed E-state index contributed by atoms with van der Waals surface area (Å²) >= 11 is 0. The van der Waals surface area contributed by atoms with Crippen molar-refractivity contribution in [1.29, 1.82) is 0 Å². The van der Waals surface area contributed by atoms with Gasteiger partial charge in [0.2, 0.25) is 6.29 Å². The fraction of sp³-hybridized carbons (Fsp3) is 0.833. The minimum absolute atomic E-state index is 0.0477. The van der Waals surface area contributed by atoms with E-state index in [4.69, 9.17) is 14.2 Å². The van der Waals surface area contributed by atoms with Gasteiger partial charge in [0.05, 0.1) is 12.0 Å². The summed E-state index contributed by atoms with van der Waals surface area (Å²) < 4.78 is 15.4. The van der Waals surface area contributed by atoms with Gasteiger partial charge in [-0.3, -0.25) is 9.59 Å². The van der Waals surface area contributed by atoms with E-state index >= 15 is 0 Å². The van der Waals surface area contributed by atoms with Crippen LogP contribution in [0, 0.1) is 11.8 Å². The summed E-state index contributed by atoms with van der Waals surface area (Å²) in [5, 5.41) is 0.